The number of ether oxygens (including phenoxy) is 6. The van der Waals surface area contributed by atoms with Crippen molar-refractivity contribution in [2.75, 3.05) is 53.9 Å². The van der Waals surface area contributed by atoms with Crippen molar-refractivity contribution in [1.29, 1.82) is 0 Å². The summed E-state index contributed by atoms with van der Waals surface area (Å²) < 4.78 is 30.1. The minimum atomic E-state index is -0.391. The monoisotopic (exact) mass is 684 g/mol. The Kier molecular flexibility index (Phi) is 21.9. The topological polar surface area (TPSA) is 89.5 Å². The first-order valence-corrected chi connectivity index (χ1v) is 14.1. The van der Waals surface area contributed by atoms with Crippen molar-refractivity contribution in [2.45, 2.75) is 24.3 Å². The number of hydrogen-bond acceptors (Lipinski definition) is 12. The molecule has 0 radical (unpaired) electrons. The molecule has 0 aromatic heterocycles. The Balaban J connectivity index is 0.000000762. The fourth-order valence-corrected chi connectivity index (χ4v) is 3.90. The van der Waals surface area contributed by atoms with Crippen molar-refractivity contribution in [1.82, 2.24) is 0 Å². The molecular weight excluding hydrogens is 651 g/mol. The molecule has 0 aliphatic heterocycles. The van der Waals surface area contributed by atoms with Crippen molar-refractivity contribution < 1.29 is 54.5 Å². The molecule has 2 unspecified atom stereocenters. The van der Waals surface area contributed by atoms with Crippen LogP contribution in [0, 0.1) is 0 Å². The summed E-state index contributed by atoms with van der Waals surface area (Å²) in [5, 5.41) is -0.470. The third-order valence-corrected chi connectivity index (χ3v) is 6.91. The van der Waals surface area contributed by atoms with E-state index in [0.717, 1.165) is 11.1 Å². The van der Waals surface area contributed by atoms with Gasteiger partial charge in [0.05, 0.1) is 13.2 Å². The zero-order chi connectivity index (χ0) is 29.9. The Morgan fingerprint density at radius 3 is 1.27 bits per heavy atom. The summed E-state index contributed by atoms with van der Waals surface area (Å²) in [7, 11) is 3.18. The van der Waals surface area contributed by atoms with E-state index in [9.17, 15) is 9.59 Å². The summed E-state index contributed by atoms with van der Waals surface area (Å²) in [5.74, 6) is 0.380. The molecule has 0 aliphatic carbocycles. The molecule has 0 N–H and O–H groups in total. The molecule has 0 saturated heterocycles. The number of carbonyl (C=O) groups excluding carboxylic acids is 2. The van der Waals surface area contributed by atoms with Crippen LogP contribution in [0.1, 0.15) is 25.0 Å². The Morgan fingerprint density at radius 2 is 1.00 bits per heavy atom. The maximum absolute atomic E-state index is 11.2. The third-order valence-electron chi connectivity index (χ3n) is 4.82. The molecule has 8 nitrogen and oxygen atoms in total. The Morgan fingerprint density at radius 1 is 0.683 bits per heavy atom. The summed E-state index contributed by atoms with van der Waals surface area (Å²) in [6, 6.07) is 14.3. The normalized spacial score (nSPS) is 11.5. The minimum absolute atomic E-state index is 0. The van der Waals surface area contributed by atoms with Crippen LogP contribution in [0.25, 0.3) is 0 Å². The number of methoxy groups -OCH3 is 2. The van der Waals surface area contributed by atoms with E-state index in [1.165, 1.54) is 0 Å². The van der Waals surface area contributed by atoms with Crippen LogP contribution in [0.4, 0.5) is 0 Å². The molecule has 0 saturated carbocycles. The molecule has 0 fully saturated rings. The fraction of sp³-hybridized carbons (Fsp3) is 0.429. The van der Waals surface area contributed by atoms with Crippen molar-refractivity contribution >= 4 is 71.4 Å². The molecule has 0 amide bonds. The number of carbonyl (C=O) groups is 2. The first-order valence-electron chi connectivity index (χ1n) is 12.3. The zero-order valence-electron chi connectivity index (χ0n) is 23.2. The molecule has 2 aromatic rings. The van der Waals surface area contributed by atoms with Crippen molar-refractivity contribution in [3.8, 4) is 11.5 Å². The molecular formula is C28H34NiO8S4. The summed E-state index contributed by atoms with van der Waals surface area (Å²) in [6.45, 7) is 4.79. The van der Waals surface area contributed by atoms with Gasteiger partial charge in [0, 0.05) is 37.2 Å². The van der Waals surface area contributed by atoms with Gasteiger partial charge in [-0.2, -0.15) is 0 Å². The van der Waals surface area contributed by atoms with E-state index >= 15 is 0 Å². The predicted octanol–water partition coefficient (Wildman–Crippen LogP) is 3.81. The number of hydrogen-bond donors (Lipinski definition) is 0. The Bertz CT molecular complexity index is 982. The molecule has 0 heterocycles. The van der Waals surface area contributed by atoms with Gasteiger partial charge in [-0.25, -0.2) is 9.59 Å². The van der Waals surface area contributed by atoms with E-state index in [2.05, 4.69) is 0 Å². The standard InChI is InChI=1S/2C14H18O4S2.Ni/c2*1-3-17-13(15)9-18-11-6-4-10(5-7-11)14(20)12(19)8-16-2;/h2*4-7,12,19H,3,8-9H2,1-2H3;/q;;+2/p-2. The minimum Gasteiger partial charge on any atom is -0.782 e. The van der Waals surface area contributed by atoms with E-state index in [-0.39, 0.29) is 40.2 Å². The largest absolute Gasteiger partial charge is 2.00 e. The van der Waals surface area contributed by atoms with Crippen LogP contribution >= 0.6 is 24.4 Å². The summed E-state index contributed by atoms with van der Waals surface area (Å²) in [4.78, 5) is 23.6. The second kappa shape index (κ2) is 22.8. The number of rotatable bonds is 16. The smallest absolute Gasteiger partial charge is 0.782 e. The van der Waals surface area contributed by atoms with E-state index in [4.69, 9.17) is 78.1 Å². The summed E-state index contributed by atoms with van der Waals surface area (Å²) in [5.41, 5.74) is 1.72. The number of benzene rings is 2. The van der Waals surface area contributed by atoms with E-state index < -0.39 is 11.9 Å². The van der Waals surface area contributed by atoms with Crippen molar-refractivity contribution in [3.05, 3.63) is 59.7 Å². The van der Waals surface area contributed by atoms with Crippen LogP contribution in [0.15, 0.2) is 48.5 Å². The molecule has 0 spiro atoms. The van der Waals surface area contributed by atoms with Gasteiger partial charge in [-0.3, -0.25) is 0 Å². The predicted molar refractivity (Wildman–Crippen MR) is 167 cm³/mol. The van der Waals surface area contributed by atoms with Gasteiger partial charge in [0.2, 0.25) is 0 Å². The van der Waals surface area contributed by atoms with Gasteiger partial charge in [0.15, 0.2) is 13.2 Å². The van der Waals surface area contributed by atoms with Gasteiger partial charge in [-0.15, -0.1) is 10.5 Å². The second-order valence-electron chi connectivity index (χ2n) is 7.85. The van der Waals surface area contributed by atoms with Crippen LogP contribution in [0.3, 0.4) is 0 Å². The Labute approximate surface area is 273 Å². The van der Waals surface area contributed by atoms with Crippen molar-refractivity contribution in [3.63, 3.8) is 0 Å². The second-order valence-corrected chi connectivity index (χ2v) is 9.87. The quantitative estimate of drug-likeness (QED) is 0.0847. The molecule has 228 valence electrons. The molecule has 2 atom stereocenters. The van der Waals surface area contributed by atoms with Gasteiger partial charge < -0.3 is 53.7 Å². The molecule has 2 rings (SSSR count). The third kappa shape index (κ3) is 15.9. The number of esters is 2. The van der Waals surface area contributed by atoms with Gasteiger partial charge in [-0.05, 0) is 49.2 Å². The van der Waals surface area contributed by atoms with Gasteiger partial charge in [0.1, 0.15) is 11.5 Å². The molecule has 13 heteroatoms. The SMILES string of the molecule is CCOC(=O)COc1ccc(C(=S)C([S-])COC)cc1.CCOC(=O)COc1ccc(C(=S)C([S-])COC)cc1.[Ni+2]. The first-order chi connectivity index (χ1) is 19.2. The molecule has 41 heavy (non-hydrogen) atoms. The summed E-state index contributed by atoms with van der Waals surface area (Å²) in [6.07, 6.45) is 0. The van der Waals surface area contributed by atoms with Crippen LogP contribution in [-0.4, -0.2) is 86.0 Å². The summed E-state index contributed by atoms with van der Waals surface area (Å²) >= 11 is 21.0. The molecule has 0 bridgehead atoms. The van der Waals surface area contributed by atoms with Gasteiger partial charge >= 0.3 is 28.4 Å². The van der Waals surface area contributed by atoms with E-state index in [1.807, 2.05) is 24.3 Å². The maximum Gasteiger partial charge on any atom is 2.00 e. The average molecular weight is 686 g/mol. The number of thiocarbonyl (C=S) groups is 2. The maximum atomic E-state index is 11.2. The first kappa shape index (κ1) is 39.3. The van der Waals surface area contributed by atoms with Crippen LogP contribution in [-0.2, 0) is 70.3 Å². The fourth-order valence-electron chi connectivity index (χ4n) is 2.95. The van der Waals surface area contributed by atoms with Gasteiger partial charge in [0.25, 0.3) is 0 Å². The van der Waals surface area contributed by atoms with E-state index in [1.54, 1.807) is 52.3 Å². The van der Waals surface area contributed by atoms with Crippen molar-refractivity contribution in [2.24, 2.45) is 0 Å². The Hall–Kier alpha value is -1.73. The van der Waals surface area contributed by atoms with Crippen LogP contribution in [0.2, 0.25) is 0 Å². The molecule has 0 aliphatic rings. The van der Waals surface area contributed by atoms with Crippen LogP contribution < -0.4 is 9.47 Å². The van der Waals surface area contributed by atoms with E-state index in [0.29, 0.717) is 47.7 Å². The van der Waals surface area contributed by atoms with Crippen LogP contribution in [0.5, 0.6) is 11.5 Å². The average Bonchev–Trinajstić information content (AvgIpc) is 2.95. The zero-order valence-corrected chi connectivity index (χ0v) is 27.5. The molecule has 2 aromatic carbocycles. The van der Waals surface area contributed by atoms with Gasteiger partial charge in [-0.1, -0.05) is 48.7 Å².